The molecular weight excluding hydrogens is 305 g/mol. The van der Waals surface area contributed by atoms with Gasteiger partial charge in [0.1, 0.15) is 5.75 Å². The van der Waals surface area contributed by atoms with Crippen LogP contribution >= 0.6 is 0 Å². The van der Waals surface area contributed by atoms with Crippen LogP contribution in [0, 0.1) is 0 Å². The number of hydrogen-bond acceptors (Lipinski definition) is 4. The number of benzene rings is 1. The third kappa shape index (κ3) is 3.76. The normalized spacial score (nSPS) is 19.2. The van der Waals surface area contributed by atoms with Gasteiger partial charge >= 0.3 is 13.2 Å². The molecule has 0 spiro atoms. The van der Waals surface area contributed by atoms with Crippen LogP contribution in [0.1, 0.15) is 48.5 Å². The lowest BCUT2D eigenvalue weighted by Crippen LogP contribution is -2.44. The van der Waals surface area contributed by atoms with E-state index in [1.807, 2.05) is 60.6 Å². The summed E-state index contributed by atoms with van der Waals surface area (Å²) in [4.78, 5) is 13.8. The summed E-state index contributed by atoms with van der Waals surface area (Å²) in [5, 5.41) is 0. The molecule has 24 heavy (non-hydrogen) atoms. The molecule has 132 valence electrons. The van der Waals surface area contributed by atoms with Gasteiger partial charge in [0.2, 0.25) is 0 Å². The minimum atomic E-state index is -0.478. The Morgan fingerprint density at radius 3 is 2.17 bits per heavy atom. The van der Waals surface area contributed by atoms with E-state index >= 15 is 0 Å². The average molecular weight is 333 g/mol. The highest BCUT2D eigenvalue weighted by Crippen LogP contribution is 2.36. The van der Waals surface area contributed by atoms with Gasteiger partial charge in [-0.1, -0.05) is 12.1 Å². The maximum absolute atomic E-state index is 12.2. The highest BCUT2D eigenvalue weighted by Gasteiger charge is 2.51. The van der Waals surface area contributed by atoms with Crippen LogP contribution in [0.2, 0.25) is 0 Å². The molecule has 1 fully saturated rings. The van der Waals surface area contributed by atoms with Gasteiger partial charge in [-0.15, -0.1) is 0 Å². The number of rotatable bonds is 2. The second-order valence-electron chi connectivity index (χ2n) is 8.26. The van der Waals surface area contributed by atoms with Gasteiger partial charge < -0.3 is 18.9 Å². The third-order valence-electron chi connectivity index (χ3n) is 4.87. The molecule has 0 radical (unpaired) electrons. The second kappa shape index (κ2) is 6.08. The first-order valence-electron chi connectivity index (χ1n) is 8.25. The summed E-state index contributed by atoms with van der Waals surface area (Å²) >= 11 is 0. The molecule has 1 aromatic rings. The van der Waals surface area contributed by atoms with E-state index < -0.39 is 24.4 Å². The van der Waals surface area contributed by atoms with E-state index in [2.05, 4.69) is 0 Å². The van der Waals surface area contributed by atoms with E-state index in [0.29, 0.717) is 5.75 Å². The molecular formula is C18H28BNO4. The van der Waals surface area contributed by atoms with Crippen LogP contribution in [-0.4, -0.2) is 41.9 Å². The first kappa shape index (κ1) is 18.8. The Balaban J connectivity index is 2.15. The summed E-state index contributed by atoms with van der Waals surface area (Å²) in [5.74, 6) is 0.475. The van der Waals surface area contributed by atoms with Crippen molar-refractivity contribution >= 4 is 18.7 Å². The molecule has 1 heterocycles. The van der Waals surface area contributed by atoms with Crippen LogP contribution in [0.4, 0.5) is 4.79 Å². The molecule has 0 bridgehead atoms. The average Bonchev–Trinajstić information content (AvgIpc) is 2.66. The zero-order valence-electron chi connectivity index (χ0n) is 16.0. The maximum Gasteiger partial charge on any atom is 0.494 e. The number of amides is 1. The van der Waals surface area contributed by atoms with Gasteiger partial charge in [-0.3, -0.25) is 0 Å². The highest BCUT2D eigenvalue weighted by atomic mass is 16.7. The van der Waals surface area contributed by atoms with Crippen LogP contribution < -0.4 is 10.2 Å². The van der Waals surface area contributed by atoms with Crippen molar-refractivity contribution in [2.24, 2.45) is 0 Å². The van der Waals surface area contributed by atoms with E-state index in [1.165, 1.54) is 0 Å². The standard InChI is InChI=1S/C18H28BNO4/c1-16(2,3)20(8)15(21)22-14-11-9-10-13(12-14)19-23-17(4,5)18(6,7)24-19/h9-12H,1-8H3. The quantitative estimate of drug-likeness (QED) is 0.780. The van der Waals surface area contributed by atoms with Gasteiger partial charge in [-0.25, -0.2) is 4.79 Å². The Morgan fingerprint density at radius 2 is 1.67 bits per heavy atom. The Hall–Kier alpha value is -1.53. The second-order valence-corrected chi connectivity index (χ2v) is 8.26. The molecule has 0 saturated carbocycles. The summed E-state index contributed by atoms with van der Waals surface area (Å²) in [6.07, 6.45) is -0.395. The van der Waals surface area contributed by atoms with Crippen molar-refractivity contribution < 1.29 is 18.8 Å². The van der Waals surface area contributed by atoms with Gasteiger partial charge in [0.05, 0.1) is 11.2 Å². The molecule has 1 amide bonds. The fraction of sp³-hybridized carbons (Fsp3) is 0.611. The zero-order chi connectivity index (χ0) is 18.3. The van der Waals surface area contributed by atoms with Crippen LogP contribution in [0.5, 0.6) is 5.75 Å². The monoisotopic (exact) mass is 333 g/mol. The minimum Gasteiger partial charge on any atom is -0.410 e. The largest absolute Gasteiger partial charge is 0.494 e. The Kier molecular flexibility index (Phi) is 4.77. The summed E-state index contributed by atoms with van der Waals surface area (Å²) in [5.41, 5.74) is -0.286. The Labute approximate surface area is 145 Å². The lowest BCUT2D eigenvalue weighted by Gasteiger charge is -2.32. The molecule has 1 aromatic carbocycles. The fourth-order valence-corrected chi connectivity index (χ4v) is 2.15. The summed E-state index contributed by atoms with van der Waals surface area (Å²) in [7, 11) is 1.24. The van der Waals surface area contributed by atoms with Crippen LogP contribution in [0.15, 0.2) is 24.3 Å². The molecule has 0 aliphatic carbocycles. The van der Waals surface area contributed by atoms with E-state index in [9.17, 15) is 4.79 Å². The third-order valence-corrected chi connectivity index (χ3v) is 4.87. The Morgan fingerprint density at radius 1 is 1.12 bits per heavy atom. The summed E-state index contributed by atoms with van der Waals surface area (Å²) < 4.78 is 17.6. The topological polar surface area (TPSA) is 48.0 Å². The molecule has 6 heteroatoms. The van der Waals surface area contributed by atoms with Crippen molar-refractivity contribution in [3.63, 3.8) is 0 Å². The Bertz CT molecular complexity index is 606. The molecule has 0 unspecified atom stereocenters. The number of carbonyl (C=O) groups excluding carboxylic acids is 1. The first-order chi connectivity index (χ1) is 10.8. The minimum absolute atomic E-state index is 0.305. The van der Waals surface area contributed by atoms with Crippen molar-refractivity contribution in [1.29, 1.82) is 0 Å². The van der Waals surface area contributed by atoms with Gasteiger partial charge in [-0.2, -0.15) is 0 Å². The van der Waals surface area contributed by atoms with Crippen molar-refractivity contribution in [1.82, 2.24) is 4.90 Å². The van der Waals surface area contributed by atoms with Gasteiger partial charge in [0, 0.05) is 12.6 Å². The van der Waals surface area contributed by atoms with Gasteiger partial charge in [0.25, 0.3) is 0 Å². The molecule has 1 saturated heterocycles. The first-order valence-corrected chi connectivity index (χ1v) is 8.25. The van der Waals surface area contributed by atoms with Crippen LogP contribution in [0.25, 0.3) is 0 Å². The van der Waals surface area contributed by atoms with E-state index in [1.54, 1.807) is 24.1 Å². The van der Waals surface area contributed by atoms with Crippen molar-refractivity contribution in [2.75, 3.05) is 7.05 Å². The molecule has 2 rings (SSSR count). The van der Waals surface area contributed by atoms with Crippen LogP contribution in [0.3, 0.4) is 0 Å². The number of hydrogen-bond donors (Lipinski definition) is 0. The van der Waals surface area contributed by atoms with E-state index in [0.717, 1.165) is 5.46 Å². The summed E-state index contributed by atoms with van der Waals surface area (Å²) in [6.45, 7) is 13.9. The SMILES string of the molecule is CN(C(=O)Oc1cccc(B2OC(C)(C)C(C)(C)O2)c1)C(C)(C)C. The molecule has 1 aliphatic rings. The van der Waals surface area contributed by atoms with E-state index in [-0.39, 0.29) is 5.54 Å². The van der Waals surface area contributed by atoms with E-state index in [4.69, 9.17) is 14.0 Å². The molecule has 0 aromatic heterocycles. The number of carbonyl (C=O) groups is 1. The fourth-order valence-electron chi connectivity index (χ4n) is 2.15. The van der Waals surface area contributed by atoms with Gasteiger partial charge in [-0.05, 0) is 66.1 Å². The van der Waals surface area contributed by atoms with Gasteiger partial charge in [0.15, 0.2) is 0 Å². The van der Waals surface area contributed by atoms with Crippen molar-refractivity contribution in [2.45, 2.75) is 65.2 Å². The number of nitrogens with zero attached hydrogens (tertiary/aromatic N) is 1. The maximum atomic E-state index is 12.2. The molecule has 0 N–H and O–H groups in total. The summed E-state index contributed by atoms with van der Waals surface area (Å²) in [6, 6.07) is 7.28. The zero-order valence-corrected chi connectivity index (χ0v) is 16.0. The molecule has 0 atom stereocenters. The number of ether oxygens (including phenoxy) is 1. The molecule has 1 aliphatic heterocycles. The lowest BCUT2D eigenvalue weighted by molar-refractivity contribution is 0.00578. The lowest BCUT2D eigenvalue weighted by atomic mass is 9.79. The van der Waals surface area contributed by atoms with Crippen molar-refractivity contribution in [3.05, 3.63) is 24.3 Å². The molecule has 5 nitrogen and oxygen atoms in total. The predicted octanol–water partition coefficient (Wildman–Crippen LogP) is 3.21. The predicted molar refractivity (Wildman–Crippen MR) is 95.7 cm³/mol. The smallest absolute Gasteiger partial charge is 0.410 e. The van der Waals surface area contributed by atoms with Crippen molar-refractivity contribution in [3.8, 4) is 5.75 Å². The highest BCUT2D eigenvalue weighted by molar-refractivity contribution is 6.62. The van der Waals surface area contributed by atoms with Crippen LogP contribution in [-0.2, 0) is 9.31 Å².